The molecular weight excluding hydrogens is 431 g/mol. The molecule has 1 aromatic heterocycles. The Labute approximate surface area is 180 Å². The van der Waals surface area contributed by atoms with E-state index >= 15 is 0 Å². The number of fused-ring (bicyclic) bond motifs is 1. The maximum Gasteiger partial charge on any atom is 0.281 e. The monoisotopic (exact) mass is 451 g/mol. The van der Waals surface area contributed by atoms with Crippen molar-refractivity contribution in [2.24, 2.45) is 16.6 Å². The molecule has 4 rings (SSSR count). The topological polar surface area (TPSA) is 102 Å². The average molecular weight is 451 g/mol. The van der Waals surface area contributed by atoms with E-state index in [0.29, 0.717) is 28.6 Å². The summed E-state index contributed by atoms with van der Waals surface area (Å²) < 4.78 is 45.7. The summed E-state index contributed by atoms with van der Waals surface area (Å²) in [6.45, 7) is 0. The van der Waals surface area contributed by atoms with Gasteiger partial charge in [0.15, 0.2) is 5.17 Å². The summed E-state index contributed by atoms with van der Waals surface area (Å²) >= 11 is 1.43. The number of thioether (sulfide) groups is 1. The number of alkyl halides is 2. The van der Waals surface area contributed by atoms with Crippen LogP contribution >= 0.6 is 11.8 Å². The van der Waals surface area contributed by atoms with Gasteiger partial charge in [-0.1, -0.05) is 11.8 Å². The third kappa shape index (κ3) is 4.11. The van der Waals surface area contributed by atoms with Crippen LogP contribution in [-0.4, -0.2) is 40.0 Å². The standard InChI is InChI=1S/C20H20F3N5O2S/c1-30-12-4-10-9-31-19(24)28-20(10,6-12)13-5-11(2-3-14(13)21)27-18(29)16-8-25-15(7-26-16)17(22)23/h2-3,5,7-8,10,12,17H,4,6,9H2,1H3,(H2,24,28)(H,27,29)/t10-,12-,20-/m1/s1. The van der Waals surface area contributed by atoms with Crippen LogP contribution in [-0.2, 0) is 10.3 Å². The summed E-state index contributed by atoms with van der Waals surface area (Å²) in [5.41, 5.74) is 5.11. The molecule has 1 aliphatic heterocycles. The van der Waals surface area contributed by atoms with Crippen LogP contribution in [0.2, 0.25) is 0 Å². The van der Waals surface area contributed by atoms with Crippen LogP contribution in [0.3, 0.4) is 0 Å². The Morgan fingerprint density at radius 1 is 1.35 bits per heavy atom. The number of ether oxygens (including phenoxy) is 1. The zero-order valence-electron chi connectivity index (χ0n) is 16.5. The van der Waals surface area contributed by atoms with Gasteiger partial charge >= 0.3 is 0 Å². The number of amides is 1. The first-order valence-electron chi connectivity index (χ1n) is 9.55. The molecule has 31 heavy (non-hydrogen) atoms. The number of amidine groups is 1. The van der Waals surface area contributed by atoms with Crippen LogP contribution in [0.25, 0.3) is 0 Å². The molecule has 3 atom stereocenters. The molecule has 7 nitrogen and oxygen atoms in total. The van der Waals surface area contributed by atoms with Crippen molar-refractivity contribution in [2.45, 2.75) is 30.9 Å². The molecule has 1 fully saturated rings. The average Bonchev–Trinajstić information content (AvgIpc) is 3.14. The Bertz CT molecular complexity index is 1020. The summed E-state index contributed by atoms with van der Waals surface area (Å²) in [5, 5.41) is 3.00. The van der Waals surface area contributed by atoms with Gasteiger partial charge in [0.05, 0.1) is 24.0 Å². The van der Waals surface area contributed by atoms with Crippen molar-refractivity contribution in [1.82, 2.24) is 9.97 Å². The van der Waals surface area contributed by atoms with E-state index in [1.54, 1.807) is 7.11 Å². The Hall–Kier alpha value is -2.66. The lowest BCUT2D eigenvalue weighted by Crippen LogP contribution is -2.37. The van der Waals surface area contributed by atoms with Crippen molar-refractivity contribution in [3.63, 3.8) is 0 Å². The highest BCUT2D eigenvalue weighted by molar-refractivity contribution is 8.13. The van der Waals surface area contributed by atoms with Gasteiger partial charge in [-0.05, 0) is 24.6 Å². The second-order valence-corrected chi connectivity index (χ2v) is 8.50. The van der Waals surface area contributed by atoms with Crippen LogP contribution < -0.4 is 11.1 Å². The van der Waals surface area contributed by atoms with E-state index in [-0.39, 0.29) is 17.7 Å². The number of aliphatic imine (C=N–C) groups is 1. The number of hydrogen-bond acceptors (Lipinski definition) is 7. The highest BCUT2D eigenvalue weighted by atomic mass is 32.2. The van der Waals surface area contributed by atoms with Crippen LogP contribution in [0, 0.1) is 11.7 Å². The highest BCUT2D eigenvalue weighted by Crippen LogP contribution is 2.52. The number of nitrogens with one attached hydrogen (secondary N) is 1. The van der Waals surface area contributed by atoms with Gasteiger partial charge in [-0.2, -0.15) is 0 Å². The summed E-state index contributed by atoms with van der Waals surface area (Å²) in [6.07, 6.45) is 0.161. The number of benzene rings is 1. The molecule has 11 heteroatoms. The van der Waals surface area contributed by atoms with Crippen molar-refractivity contribution in [3.05, 3.63) is 53.4 Å². The maximum absolute atomic E-state index is 15.0. The van der Waals surface area contributed by atoms with Gasteiger partial charge in [-0.25, -0.2) is 18.2 Å². The van der Waals surface area contributed by atoms with Crippen molar-refractivity contribution >= 4 is 28.5 Å². The lowest BCUT2D eigenvalue weighted by atomic mass is 9.81. The fraction of sp³-hybridized carbons (Fsp3) is 0.400. The molecular formula is C20H20F3N5O2S. The van der Waals surface area contributed by atoms with Crippen molar-refractivity contribution in [3.8, 4) is 0 Å². The summed E-state index contributed by atoms with van der Waals surface area (Å²) in [6, 6.07) is 4.21. The number of aromatic nitrogens is 2. The minimum atomic E-state index is -2.78. The Balaban J connectivity index is 1.64. The molecule has 0 radical (unpaired) electrons. The zero-order chi connectivity index (χ0) is 22.2. The molecule has 164 valence electrons. The zero-order valence-corrected chi connectivity index (χ0v) is 17.3. The molecule has 0 spiro atoms. The number of rotatable bonds is 5. The third-order valence-electron chi connectivity index (χ3n) is 5.66. The van der Waals surface area contributed by atoms with Crippen LogP contribution in [0.5, 0.6) is 0 Å². The van der Waals surface area contributed by atoms with E-state index in [1.807, 2.05) is 0 Å². The Kier molecular flexibility index (Phi) is 5.89. The largest absolute Gasteiger partial charge is 0.381 e. The van der Waals surface area contributed by atoms with E-state index in [2.05, 4.69) is 20.3 Å². The second kappa shape index (κ2) is 8.46. The van der Waals surface area contributed by atoms with Crippen LogP contribution in [0.15, 0.2) is 35.6 Å². The number of carbonyl (C=O) groups is 1. The molecule has 1 aliphatic carbocycles. The van der Waals surface area contributed by atoms with Gasteiger partial charge in [-0.15, -0.1) is 0 Å². The molecule has 2 aliphatic rings. The summed E-state index contributed by atoms with van der Waals surface area (Å²) in [5.74, 6) is -0.382. The number of nitrogens with zero attached hydrogens (tertiary/aromatic N) is 3. The lowest BCUT2D eigenvalue weighted by Gasteiger charge is -2.36. The molecule has 0 saturated heterocycles. The molecule has 2 aromatic rings. The number of methoxy groups -OCH3 is 1. The number of hydrogen-bond donors (Lipinski definition) is 2. The summed E-state index contributed by atoms with van der Waals surface area (Å²) in [4.78, 5) is 24.4. The fourth-order valence-electron chi connectivity index (χ4n) is 4.13. The minimum Gasteiger partial charge on any atom is -0.381 e. The van der Waals surface area contributed by atoms with Gasteiger partial charge in [0, 0.05) is 36.5 Å². The second-order valence-electron chi connectivity index (χ2n) is 7.46. The lowest BCUT2D eigenvalue weighted by molar-refractivity contribution is 0.101. The normalized spacial score (nSPS) is 25.3. The molecule has 1 saturated carbocycles. The molecule has 0 unspecified atom stereocenters. The van der Waals surface area contributed by atoms with Gasteiger partial charge < -0.3 is 15.8 Å². The number of halogens is 3. The first-order valence-corrected chi connectivity index (χ1v) is 10.5. The van der Waals surface area contributed by atoms with Gasteiger partial charge in [0.2, 0.25) is 0 Å². The number of nitrogens with two attached hydrogens (primary N) is 1. The summed E-state index contributed by atoms with van der Waals surface area (Å²) in [7, 11) is 1.61. The minimum absolute atomic E-state index is 0.0305. The maximum atomic E-state index is 15.0. The van der Waals surface area contributed by atoms with Gasteiger partial charge in [0.1, 0.15) is 17.2 Å². The van der Waals surface area contributed by atoms with Crippen molar-refractivity contribution < 1.29 is 22.7 Å². The molecule has 1 aromatic carbocycles. The van der Waals surface area contributed by atoms with E-state index < -0.39 is 29.4 Å². The first kappa shape index (κ1) is 21.6. The van der Waals surface area contributed by atoms with E-state index in [1.165, 1.54) is 30.0 Å². The van der Waals surface area contributed by atoms with E-state index in [0.717, 1.165) is 18.8 Å². The first-order chi connectivity index (χ1) is 14.8. The molecule has 0 bridgehead atoms. The number of anilines is 1. The molecule has 2 heterocycles. The van der Waals surface area contributed by atoms with Crippen LogP contribution in [0.4, 0.5) is 18.9 Å². The fourth-order valence-corrected chi connectivity index (χ4v) is 5.15. The van der Waals surface area contributed by atoms with Crippen molar-refractivity contribution in [2.75, 3.05) is 18.2 Å². The smallest absolute Gasteiger partial charge is 0.281 e. The van der Waals surface area contributed by atoms with Crippen LogP contribution in [0.1, 0.15) is 41.0 Å². The van der Waals surface area contributed by atoms with E-state index in [9.17, 15) is 18.0 Å². The highest BCUT2D eigenvalue weighted by Gasteiger charge is 2.52. The van der Waals surface area contributed by atoms with Crippen molar-refractivity contribution in [1.29, 1.82) is 0 Å². The van der Waals surface area contributed by atoms with E-state index in [4.69, 9.17) is 10.5 Å². The quantitative estimate of drug-likeness (QED) is 0.722. The predicted octanol–water partition coefficient (Wildman–Crippen LogP) is 3.49. The molecule has 3 N–H and O–H groups in total. The predicted molar refractivity (Wildman–Crippen MR) is 111 cm³/mol. The number of carbonyl (C=O) groups excluding carboxylic acids is 1. The molecule has 1 amide bonds. The van der Waals surface area contributed by atoms with Gasteiger partial charge in [-0.3, -0.25) is 14.8 Å². The SMILES string of the molecule is CO[C@@H]1C[C@@H]2CSC(N)=N[C@]2(c2cc(NC(=O)c3cnc(C(F)F)cn3)ccc2F)C1. The third-order valence-corrected chi connectivity index (χ3v) is 6.61. The Morgan fingerprint density at radius 3 is 2.84 bits per heavy atom. The van der Waals surface area contributed by atoms with Gasteiger partial charge in [0.25, 0.3) is 12.3 Å². The Morgan fingerprint density at radius 2 is 2.16 bits per heavy atom.